The number of alkyl halides is 1. The molecule has 0 saturated carbocycles. The van der Waals surface area contributed by atoms with Gasteiger partial charge in [-0.2, -0.15) is 0 Å². The molecule has 0 spiro atoms. The van der Waals surface area contributed by atoms with E-state index in [1.54, 1.807) is 13.0 Å². The molecule has 1 aromatic carbocycles. The summed E-state index contributed by atoms with van der Waals surface area (Å²) in [6, 6.07) is 7.80. The van der Waals surface area contributed by atoms with Crippen molar-refractivity contribution >= 4 is 34.4 Å². The molecule has 0 fully saturated rings. The Labute approximate surface area is 154 Å². The topological polar surface area (TPSA) is 71.7 Å². The summed E-state index contributed by atoms with van der Waals surface area (Å²) in [7, 11) is 0. The van der Waals surface area contributed by atoms with Gasteiger partial charge in [0.2, 0.25) is 0 Å². The number of aliphatic hydroxyl groups is 1. The first-order valence-corrected chi connectivity index (χ1v) is 9.14. The highest BCUT2D eigenvalue weighted by atomic mass is 35.5. The number of hydrogen-bond donors (Lipinski definition) is 3. The van der Waals surface area contributed by atoms with Crippen LogP contribution < -0.4 is 5.32 Å². The van der Waals surface area contributed by atoms with Crippen molar-refractivity contribution in [2.75, 3.05) is 31.5 Å². The molecule has 1 aromatic rings. The third kappa shape index (κ3) is 5.14. The number of nitrogens with zero attached hydrogens (tertiary/aromatic N) is 2. The number of aliphatic hydroxyl groups excluding tert-OH is 1. The number of rotatable bonds is 7. The van der Waals surface area contributed by atoms with Gasteiger partial charge in [0.05, 0.1) is 23.2 Å². The van der Waals surface area contributed by atoms with Crippen LogP contribution in [0, 0.1) is 5.41 Å². The van der Waals surface area contributed by atoms with E-state index in [0.717, 1.165) is 43.1 Å². The molecule has 0 radical (unpaired) electrons. The van der Waals surface area contributed by atoms with Crippen LogP contribution in [0.2, 0.25) is 0 Å². The van der Waals surface area contributed by atoms with Crippen molar-refractivity contribution in [1.29, 1.82) is 5.41 Å². The highest BCUT2D eigenvalue weighted by molar-refractivity contribution is 6.56. The number of benzene rings is 1. The number of allylic oxidation sites excluding steroid dienone is 1. The molecular weight excluding hydrogens is 336 g/mol. The van der Waals surface area contributed by atoms with Gasteiger partial charge in [-0.05, 0) is 55.9 Å². The monoisotopic (exact) mass is 362 g/mol. The highest BCUT2D eigenvalue weighted by Crippen LogP contribution is 2.23. The van der Waals surface area contributed by atoms with Crippen LogP contribution in [0.3, 0.4) is 0 Å². The summed E-state index contributed by atoms with van der Waals surface area (Å²) >= 11 is 6.10. The molecule has 2 atom stereocenters. The summed E-state index contributed by atoms with van der Waals surface area (Å²) < 4.78 is 0. The summed E-state index contributed by atoms with van der Waals surface area (Å²) in [5.41, 5.74) is 3.20. The van der Waals surface area contributed by atoms with Crippen LogP contribution in [0.25, 0.3) is 0 Å². The van der Waals surface area contributed by atoms with E-state index in [-0.39, 0.29) is 5.71 Å². The van der Waals surface area contributed by atoms with E-state index in [0.29, 0.717) is 5.71 Å². The summed E-state index contributed by atoms with van der Waals surface area (Å²) in [5.74, 6) is 0. The molecule has 136 valence electrons. The molecule has 3 N–H and O–H groups in total. The van der Waals surface area contributed by atoms with Crippen LogP contribution in [-0.2, 0) is 0 Å². The second kappa shape index (κ2) is 9.13. The third-order valence-corrected chi connectivity index (χ3v) is 4.89. The maximum Gasteiger partial charge on any atom is 0.107 e. The molecule has 2 rings (SSSR count). The Kier molecular flexibility index (Phi) is 7.17. The summed E-state index contributed by atoms with van der Waals surface area (Å²) in [5, 5.41) is 20.6. The number of aliphatic imine (C=N–C) groups is 1. The van der Waals surface area contributed by atoms with E-state index in [9.17, 15) is 5.11 Å². The number of halogens is 1. The molecule has 0 aliphatic heterocycles. The number of nitrogens with one attached hydrogen (secondary N) is 2. The predicted octanol–water partition coefficient (Wildman–Crippen LogP) is 3.46. The molecule has 0 aromatic heterocycles. The summed E-state index contributed by atoms with van der Waals surface area (Å²) in [6.45, 7) is 10.2. The van der Waals surface area contributed by atoms with E-state index >= 15 is 0 Å². The maximum atomic E-state index is 9.89. The van der Waals surface area contributed by atoms with Crippen LogP contribution in [0.1, 0.15) is 20.8 Å². The van der Waals surface area contributed by atoms with Crippen molar-refractivity contribution < 1.29 is 5.11 Å². The third-order valence-electron chi connectivity index (χ3n) is 4.43. The minimum Gasteiger partial charge on any atom is -0.387 e. The number of hydrogen-bond acceptors (Lipinski definition) is 5. The van der Waals surface area contributed by atoms with E-state index < -0.39 is 11.5 Å². The Morgan fingerprint density at radius 3 is 2.48 bits per heavy atom. The van der Waals surface area contributed by atoms with Gasteiger partial charge in [0.1, 0.15) is 5.38 Å². The zero-order valence-electron chi connectivity index (χ0n) is 15.1. The average Bonchev–Trinajstić information content (AvgIpc) is 2.63. The van der Waals surface area contributed by atoms with Gasteiger partial charge in [-0.1, -0.05) is 13.8 Å². The van der Waals surface area contributed by atoms with E-state index in [4.69, 9.17) is 17.0 Å². The molecule has 25 heavy (non-hydrogen) atoms. The summed E-state index contributed by atoms with van der Waals surface area (Å²) in [6.07, 6.45) is 0.910. The fraction of sp³-hybridized carbons (Fsp3) is 0.474. The molecule has 0 heterocycles. The number of likely N-dealkylation sites (N-methyl/N-ethyl adjacent to an activating group) is 1. The van der Waals surface area contributed by atoms with Gasteiger partial charge in [0.25, 0.3) is 0 Å². The van der Waals surface area contributed by atoms with Gasteiger partial charge in [-0.3, -0.25) is 0 Å². The second-order valence-corrected chi connectivity index (χ2v) is 6.62. The van der Waals surface area contributed by atoms with Crippen molar-refractivity contribution in [2.45, 2.75) is 32.3 Å². The minimum absolute atomic E-state index is 0.154. The van der Waals surface area contributed by atoms with Gasteiger partial charge < -0.3 is 20.7 Å². The predicted molar refractivity (Wildman–Crippen MR) is 107 cm³/mol. The Balaban J connectivity index is 2.01. The lowest BCUT2D eigenvalue weighted by Crippen LogP contribution is -2.38. The first kappa shape index (κ1) is 19.6. The standard InChI is InChI=1S/C19H27ClN4O/c1-4-24(5-2)11-10-22-14-6-8-15(9-7-14)23-16-12-13(3)19(25)17(20)18(16)21/h6-9,12,17,19,21-22,25H,4-5,10-11H2,1-3H3. The fourth-order valence-corrected chi connectivity index (χ4v) is 3.00. The molecule has 1 aliphatic rings. The molecule has 0 bridgehead atoms. The van der Waals surface area contributed by atoms with Crippen molar-refractivity contribution in [3.05, 3.63) is 35.9 Å². The van der Waals surface area contributed by atoms with Crippen LogP contribution in [0.15, 0.2) is 40.9 Å². The molecular formula is C19H27ClN4O. The quantitative estimate of drug-likeness (QED) is 0.650. The fourth-order valence-electron chi connectivity index (χ4n) is 2.69. The smallest absolute Gasteiger partial charge is 0.107 e. The Morgan fingerprint density at radius 1 is 1.24 bits per heavy atom. The van der Waals surface area contributed by atoms with E-state index in [1.165, 1.54) is 0 Å². The number of anilines is 1. The molecule has 0 amide bonds. The molecule has 6 heteroatoms. The average molecular weight is 363 g/mol. The lowest BCUT2D eigenvalue weighted by Gasteiger charge is -2.24. The maximum absolute atomic E-state index is 9.89. The summed E-state index contributed by atoms with van der Waals surface area (Å²) in [4.78, 5) is 6.86. The van der Waals surface area contributed by atoms with Crippen LogP contribution in [-0.4, -0.2) is 59.1 Å². The normalized spacial score (nSPS) is 22.4. The zero-order chi connectivity index (χ0) is 18.4. The van der Waals surface area contributed by atoms with E-state index in [2.05, 4.69) is 29.1 Å². The first-order chi connectivity index (χ1) is 12.0. The van der Waals surface area contributed by atoms with Crippen molar-refractivity contribution in [1.82, 2.24) is 4.90 Å². The zero-order valence-corrected chi connectivity index (χ0v) is 15.8. The van der Waals surface area contributed by atoms with Gasteiger partial charge in [0.15, 0.2) is 0 Å². The van der Waals surface area contributed by atoms with Gasteiger partial charge in [0, 0.05) is 18.8 Å². The Bertz CT molecular complexity index is 650. The Hall–Kier alpha value is -1.69. The Morgan fingerprint density at radius 2 is 1.88 bits per heavy atom. The van der Waals surface area contributed by atoms with Gasteiger partial charge in [-0.15, -0.1) is 11.6 Å². The van der Waals surface area contributed by atoms with Crippen LogP contribution >= 0.6 is 11.6 Å². The van der Waals surface area contributed by atoms with Crippen molar-refractivity contribution in [3.63, 3.8) is 0 Å². The molecule has 5 nitrogen and oxygen atoms in total. The largest absolute Gasteiger partial charge is 0.387 e. The van der Waals surface area contributed by atoms with Gasteiger partial charge in [-0.25, -0.2) is 4.99 Å². The van der Waals surface area contributed by atoms with Crippen molar-refractivity contribution in [2.24, 2.45) is 4.99 Å². The van der Waals surface area contributed by atoms with Crippen LogP contribution in [0.4, 0.5) is 11.4 Å². The molecule has 0 saturated heterocycles. The first-order valence-electron chi connectivity index (χ1n) is 8.70. The molecule has 1 aliphatic carbocycles. The van der Waals surface area contributed by atoms with E-state index in [1.807, 2.05) is 24.3 Å². The lowest BCUT2D eigenvalue weighted by atomic mass is 9.94. The highest BCUT2D eigenvalue weighted by Gasteiger charge is 2.29. The van der Waals surface area contributed by atoms with Crippen molar-refractivity contribution in [3.8, 4) is 0 Å². The SMILES string of the molecule is CCN(CC)CCNc1ccc(N=C2C=C(C)C(O)C(Cl)C2=N)cc1. The minimum atomic E-state index is -0.814. The van der Waals surface area contributed by atoms with Crippen LogP contribution in [0.5, 0.6) is 0 Å². The second-order valence-electron chi connectivity index (χ2n) is 6.15. The molecule has 2 unspecified atom stereocenters. The lowest BCUT2D eigenvalue weighted by molar-refractivity contribution is 0.221. The van der Waals surface area contributed by atoms with Gasteiger partial charge >= 0.3 is 0 Å².